The molecule has 3 amide bonds. The zero-order valence-corrected chi connectivity index (χ0v) is 30.5. The number of pyridine rings is 1. The number of nitrogens with zero attached hydrogens (tertiary/aromatic N) is 4. The summed E-state index contributed by atoms with van der Waals surface area (Å²) in [4.78, 5) is 44.9. The van der Waals surface area contributed by atoms with Crippen molar-refractivity contribution < 1.29 is 42.1 Å². The van der Waals surface area contributed by atoms with E-state index in [0.29, 0.717) is 71.3 Å². The average molecular weight is 733 g/mol. The van der Waals surface area contributed by atoms with Crippen molar-refractivity contribution >= 4 is 23.6 Å². The molecule has 53 heavy (non-hydrogen) atoms. The minimum absolute atomic E-state index is 0.0369. The van der Waals surface area contributed by atoms with Crippen molar-refractivity contribution in [3.63, 3.8) is 0 Å². The van der Waals surface area contributed by atoms with Gasteiger partial charge in [-0.05, 0) is 65.3 Å². The molecule has 2 aromatic heterocycles. The summed E-state index contributed by atoms with van der Waals surface area (Å²) in [6.07, 6.45) is 3.07. The van der Waals surface area contributed by atoms with E-state index >= 15 is 0 Å². The number of carbonyl (C=O) groups is 3. The number of halogens is 2. The number of hydrogen-bond acceptors (Lipinski definition) is 9. The van der Waals surface area contributed by atoms with Crippen LogP contribution in [0.25, 0.3) is 28.1 Å². The first-order valence-electron chi connectivity index (χ1n) is 17.2. The van der Waals surface area contributed by atoms with Gasteiger partial charge in [0, 0.05) is 60.1 Å². The summed E-state index contributed by atoms with van der Waals surface area (Å²) in [6, 6.07) is 8.25. The average Bonchev–Trinajstić information content (AvgIpc) is 3.48. The van der Waals surface area contributed by atoms with Gasteiger partial charge >= 0.3 is 6.09 Å². The van der Waals surface area contributed by atoms with Gasteiger partial charge in [0.25, 0.3) is 5.91 Å². The van der Waals surface area contributed by atoms with Crippen molar-refractivity contribution in [3.05, 3.63) is 71.7 Å². The Balaban J connectivity index is 1.33. The first kappa shape index (κ1) is 37.2. The summed E-state index contributed by atoms with van der Waals surface area (Å²) in [5.41, 5.74) is 1.85. The van der Waals surface area contributed by atoms with Crippen LogP contribution >= 0.6 is 0 Å². The van der Waals surface area contributed by atoms with Crippen molar-refractivity contribution in [2.45, 2.75) is 65.2 Å². The normalized spacial score (nSPS) is 14.8. The second-order valence-corrected chi connectivity index (χ2v) is 14.4. The molecule has 0 aliphatic carbocycles. The molecular formula is C38H42F2N6O7. The van der Waals surface area contributed by atoms with Crippen molar-refractivity contribution in [2.24, 2.45) is 0 Å². The van der Waals surface area contributed by atoms with E-state index in [0.717, 1.165) is 18.2 Å². The number of methoxy groups -OCH3 is 1. The van der Waals surface area contributed by atoms with E-state index < -0.39 is 28.9 Å². The molecule has 15 heteroatoms. The van der Waals surface area contributed by atoms with Crippen LogP contribution in [0.3, 0.4) is 0 Å². The quantitative estimate of drug-likeness (QED) is 0.190. The number of amides is 3. The highest BCUT2D eigenvalue weighted by Gasteiger charge is 2.39. The Hall–Kier alpha value is -5.57. The maximum Gasteiger partial charge on any atom is 0.407 e. The molecule has 0 radical (unpaired) electrons. The fourth-order valence-electron chi connectivity index (χ4n) is 6.29. The minimum atomic E-state index is -0.807. The summed E-state index contributed by atoms with van der Waals surface area (Å²) >= 11 is 0. The van der Waals surface area contributed by atoms with E-state index in [1.54, 1.807) is 50.1 Å². The van der Waals surface area contributed by atoms with Crippen molar-refractivity contribution in [2.75, 3.05) is 38.7 Å². The Morgan fingerprint density at radius 1 is 1.02 bits per heavy atom. The number of anilines is 1. The van der Waals surface area contributed by atoms with E-state index in [-0.39, 0.29) is 42.8 Å². The van der Waals surface area contributed by atoms with Gasteiger partial charge in [0.2, 0.25) is 5.91 Å². The van der Waals surface area contributed by atoms with Gasteiger partial charge in [-0.3, -0.25) is 14.6 Å². The minimum Gasteiger partial charge on any atom is -0.496 e. The molecule has 2 aliphatic heterocycles. The Kier molecular flexibility index (Phi) is 10.4. The maximum absolute atomic E-state index is 14.6. The fourth-order valence-corrected chi connectivity index (χ4v) is 6.29. The smallest absolute Gasteiger partial charge is 0.407 e. The lowest BCUT2D eigenvalue weighted by Gasteiger charge is -2.41. The number of ether oxygens (including phenoxy) is 4. The highest BCUT2D eigenvalue weighted by molar-refractivity contribution is 5.98. The lowest BCUT2D eigenvalue weighted by Crippen LogP contribution is -2.55. The van der Waals surface area contributed by atoms with Gasteiger partial charge < -0.3 is 34.5 Å². The maximum atomic E-state index is 14.6. The van der Waals surface area contributed by atoms with Gasteiger partial charge in [-0.1, -0.05) is 0 Å². The number of alkyl carbamates (subject to hydrolysis) is 1. The predicted molar refractivity (Wildman–Crippen MR) is 191 cm³/mol. The van der Waals surface area contributed by atoms with Gasteiger partial charge in [-0.15, -0.1) is 0 Å². The van der Waals surface area contributed by atoms with Crippen molar-refractivity contribution in [1.29, 1.82) is 0 Å². The van der Waals surface area contributed by atoms with Crippen LogP contribution in [-0.4, -0.2) is 82.1 Å². The third-order valence-electron chi connectivity index (χ3n) is 8.68. The van der Waals surface area contributed by atoms with Gasteiger partial charge in [0.15, 0.2) is 5.69 Å². The van der Waals surface area contributed by atoms with E-state index in [9.17, 15) is 23.2 Å². The molecule has 0 bridgehead atoms. The zero-order chi connectivity index (χ0) is 38.1. The van der Waals surface area contributed by atoms with Crippen molar-refractivity contribution in [1.82, 2.24) is 25.0 Å². The summed E-state index contributed by atoms with van der Waals surface area (Å²) in [7, 11) is 1.50. The molecule has 4 heterocycles. The van der Waals surface area contributed by atoms with Gasteiger partial charge in [-0.2, -0.15) is 5.10 Å². The first-order valence-corrected chi connectivity index (χ1v) is 17.2. The standard InChI is InChI=1S/C38H42F2N6O7/c1-37(2,3)53-36(49)42-9-7-8-32(47)43-25-12-22(18-41-19-25)27-16-28-31(17-30(27)50-6)52-20-29-33(35(48)45-10-11-51-21-38(45,4)5)44-46(34(28)29)26-14-23(39)13-24(40)15-26/h12-19H,7-11,20-21H2,1-6H3,(H,42,49)(H,43,47). The number of hydrogen-bond donors (Lipinski definition) is 2. The number of fused-ring (bicyclic) bond motifs is 3. The molecule has 4 aromatic rings. The fraction of sp³-hybridized carbons (Fsp3) is 0.395. The Morgan fingerprint density at radius 2 is 1.77 bits per heavy atom. The summed E-state index contributed by atoms with van der Waals surface area (Å²) < 4.78 is 53.4. The third-order valence-corrected chi connectivity index (χ3v) is 8.68. The van der Waals surface area contributed by atoms with Crippen molar-refractivity contribution in [3.8, 4) is 39.6 Å². The SMILES string of the molecule is COc1cc2c(cc1-c1cncc(NC(=O)CCCNC(=O)OC(C)(C)C)c1)-c1c(c(C(=O)N3CCOCC3(C)C)nn1-c1cc(F)cc(F)c1)CO2. The van der Waals surface area contributed by atoms with Crippen LogP contribution in [0.4, 0.5) is 19.3 Å². The molecule has 0 saturated carbocycles. The molecule has 0 spiro atoms. The highest BCUT2D eigenvalue weighted by atomic mass is 19.1. The molecule has 0 unspecified atom stereocenters. The van der Waals surface area contributed by atoms with Gasteiger partial charge in [0.05, 0.1) is 49.1 Å². The van der Waals surface area contributed by atoms with E-state index in [1.165, 1.54) is 18.0 Å². The highest BCUT2D eigenvalue weighted by Crippen LogP contribution is 2.46. The molecule has 1 saturated heterocycles. The lowest BCUT2D eigenvalue weighted by atomic mass is 9.95. The number of rotatable bonds is 9. The summed E-state index contributed by atoms with van der Waals surface area (Å²) in [6.45, 7) is 10.3. The number of aromatic nitrogens is 3. The molecule has 13 nitrogen and oxygen atoms in total. The molecule has 6 rings (SSSR count). The number of morpholine rings is 1. The summed E-state index contributed by atoms with van der Waals surface area (Å²) in [5.74, 6) is -1.42. The molecule has 2 N–H and O–H groups in total. The van der Waals surface area contributed by atoms with Gasteiger partial charge in [-0.25, -0.2) is 18.3 Å². The third kappa shape index (κ3) is 8.25. The van der Waals surface area contributed by atoms with E-state index in [4.69, 9.17) is 18.9 Å². The Bertz CT molecular complexity index is 2040. The number of nitrogens with one attached hydrogen (secondary N) is 2. The number of carbonyl (C=O) groups excluding carboxylic acids is 3. The Morgan fingerprint density at radius 3 is 2.47 bits per heavy atom. The Labute approximate surface area is 305 Å². The van der Waals surface area contributed by atoms with Crippen LogP contribution < -0.4 is 20.1 Å². The molecular weight excluding hydrogens is 690 g/mol. The van der Waals surface area contributed by atoms with Crippen LogP contribution in [0, 0.1) is 11.6 Å². The predicted octanol–water partition coefficient (Wildman–Crippen LogP) is 6.27. The monoisotopic (exact) mass is 732 g/mol. The lowest BCUT2D eigenvalue weighted by molar-refractivity contribution is -0.116. The van der Waals surface area contributed by atoms with Crippen LogP contribution in [0.5, 0.6) is 11.5 Å². The van der Waals surface area contributed by atoms with E-state index in [2.05, 4.69) is 20.7 Å². The largest absolute Gasteiger partial charge is 0.496 e. The van der Waals surface area contributed by atoms with Crippen LogP contribution in [0.15, 0.2) is 48.8 Å². The number of benzene rings is 2. The molecule has 1 fully saturated rings. The van der Waals surface area contributed by atoms with Crippen LogP contribution in [0.2, 0.25) is 0 Å². The summed E-state index contributed by atoms with van der Waals surface area (Å²) in [5, 5.41) is 10.2. The molecule has 2 aromatic carbocycles. The first-order chi connectivity index (χ1) is 25.1. The van der Waals surface area contributed by atoms with Crippen LogP contribution in [-0.2, 0) is 20.9 Å². The van der Waals surface area contributed by atoms with E-state index in [1.807, 2.05) is 13.8 Å². The van der Waals surface area contributed by atoms with Crippen LogP contribution in [0.1, 0.15) is 63.5 Å². The molecule has 280 valence electrons. The zero-order valence-electron chi connectivity index (χ0n) is 30.5. The molecule has 2 aliphatic rings. The topological polar surface area (TPSA) is 146 Å². The second kappa shape index (κ2) is 14.8. The second-order valence-electron chi connectivity index (χ2n) is 14.4. The van der Waals surface area contributed by atoms with Gasteiger partial charge in [0.1, 0.15) is 35.3 Å². The molecule has 0 atom stereocenters.